The van der Waals surface area contributed by atoms with Gasteiger partial charge in [-0.25, -0.2) is 4.39 Å². The van der Waals surface area contributed by atoms with Gasteiger partial charge in [0.15, 0.2) is 5.83 Å². The van der Waals surface area contributed by atoms with E-state index in [0.29, 0.717) is 5.69 Å². The number of benzene rings is 1. The van der Waals surface area contributed by atoms with Crippen molar-refractivity contribution in [2.45, 2.75) is 39.5 Å². The molecule has 3 heteroatoms. The van der Waals surface area contributed by atoms with E-state index in [4.69, 9.17) is 0 Å². The Labute approximate surface area is 108 Å². The minimum absolute atomic E-state index is 0.256. The van der Waals surface area contributed by atoms with Crippen molar-refractivity contribution in [3.05, 3.63) is 41.7 Å². The number of nitrogens with one attached hydrogen (secondary N) is 1. The molecular formula is C15H20FNO. The summed E-state index contributed by atoms with van der Waals surface area (Å²) in [5.41, 5.74) is 2.73. The normalized spacial score (nSPS) is 10.8. The lowest BCUT2D eigenvalue weighted by Gasteiger charge is -2.19. The maximum Gasteiger partial charge on any atom is 0.283 e. The molecule has 0 unspecified atom stereocenters. The third-order valence-corrected chi connectivity index (χ3v) is 2.86. The first-order valence-corrected chi connectivity index (χ1v) is 6.13. The summed E-state index contributed by atoms with van der Waals surface area (Å²) in [6.07, 6.45) is 0. The van der Waals surface area contributed by atoms with Crippen LogP contribution in [0.3, 0.4) is 0 Å². The fraction of sp³-hybridized carbons (Fsp3) is 0.400. The molecule has 0 fully saturated rings. The first kappa shape index (κ1) is 14.4. The Hall–Kier alpha value is -1.64. The quantitative estimate of drug-likeness (QED) is 0.789. The topological polar surface area (TPSA) is 29.1 Å². The van der Waals surface area contributed by atoms with Gasteiger partial charge in [0.25, 0.3) is 5.91 Å². The molecule has 0 atom stereocenters. The second-order valence-corrected chi connectivity index (χ2v) is 4.98. The molecular weight excluding hydrogens is 229 g/mol. The van der Waals surface area contributed by atoms with E-state index < -0.39 is 11.7 Å². The molecule has 1 aromatic carbocycles. The molecule has 0 saturated heterocycles. The van der Waals surface area contributed by atoms with E-state index >= 15 is 0 Å². The third-order valence-electron chi connectivity index (χ3n) is 2.86. The van der Waals surface area contributed by atoms with Gasteiger partial charge in [0.2, 0.25) is 0 Å². The summed E-state index contributed by atoms with van der Waals surface area (Å²) in [5.74, 6) is -1.23. The summed E-state index contributed by atoms with van der Waals surface area (Å²) in [6.45, 7) is 11.2. The van der Waals surface area contributed by atoms with Gasteiger partial charge in [-0.05, 0) is 23.0 Å². The zero-order chi connectivity index (χ0) is 13.9. The molecule has 1 amide bonds. The number of halogens is 1. The standard InChI is InChI=1S/C15H20FNO/c1-9(2)12-7-6-8-13(10(3)4)14(12)17-15(18)11(5)16/h6-10H,5H2,1-4H3,(H,17,18). The van der Waals surface area contributed by atoms with Gasteiger partial charge in [-0.15, -0.1) is 0 Å². The maximum absolute atomic E-state index is 12.8. The first-order chi connectivity index (χ1) is 8.34. The molecule has 0 aliphatic rings. The Morgan fingerprint density at radius 3 is 1.94 bits per heavy atom. The molecule has 0 heterocycles. The van der Waals surface area contributed by atoms with Crippen LogP contribution in [0.2, 0.25) is 0 Å². The number of carbonyl (C=O) groups excluding carboxylic acids is 1. The van der Waals surface area contributed by atoms with Crippen LogP contribution in [0, 0.1) is 0 Å². The lowest BCUT2D eigenvalue weighted by atomic mass is 9.92. The van der Waals surface area contributed by atoms with Gasteiger partial charge in [-0.2, -0.15) is 0 Å². The minimum atomic E-state index is -0.969. The van der Waals surface area contributed by atoms with Crippen molar-refractivity contribution < 1.29 is 9.18 Å². The Balaban J connectivity index is 3.27. The number of carbonyl (C=O) groups is 1. The van der Waals surface area contributed by atoms with E-state index in [1.54, 1.807) is 0 Å². The molecule has 0 aliphatic carbocycles. The fourth-order valence-electron chi connectivity index (χ4n) is 1.88. The summed E-state index contributed by atoms with van der Waals surface area (Å²) in [7, 11) is 0. The number of rotatable bonds is 4. The van der Waals surface area contributed by atoms with Gasteiger partial charge in [0.05, 0.1) is 0 Å². The summed E-state index contributed by atoms with van der Waals surface area (Å²) in [6, 6.07) is 5.87. The van der Waals surface area contributed by atoms with Crippen molar-refractivity contribution in [1.82, 2.24) is 0 Å². The van der Waals surface area contributed by atoms with Crippen LogP contribution in [0.15, 0.2) is 30.6 Å². The smallest absolute Gasteiger partial charge is 0.283 e. The first-order valence-electron chi connectivity index (χ1n) is 6.13. The largest absolute Gasteiger partial charge is 0.319 e. The molecule has 2 nitrogen and oxygen atoms in total. The summed E-state index contributed by atoms with van der Waals surface area (Å²) in [4.78, 5) is 11.5. The summed E-state index contributed by atoms with van der Waals surface area (Å²) in [5, 5.41) is 2.63. The lowest BCUT2D eigenvalue weighted by molar-refractivity contribution is -0.114. The molecule has 1 N–H and O–H groups in total. The molecule has 0 saturated carbocycles. The Bertz CT molecular complexity index is 437. The predicted molar refractivity (Wildman–Crippen MR) is 73.5 cm³/mol. The Morgan fingerprint density at radius 1 is 1.17 bits per heavy atom. The number of para-hydroxylation sites is 1. The van der Waals surface area contributed by atoms with E-state index in [1.807, 2.05) is 45.9 Å². The van der Waals surface area contributed by atoms with Crippen LogP contribution in [0.1, 0.15) is 50.7 Å². The highest BCUT2D eigenvalue weighted by molar-refractivity contribution is 6.02. The van der Waals surface area contributed by atoms with Gasteiger partial charge < -0.3 is 5.32 Å². The van der Waals surface area contributed by atoms with Crippen LogP contribution < -0.4 is 5.32 Å². The van der Waals surface area contributed by atoms with Crippen molar-refractivity contribution in [1.29, 1.82) is 0 Å². The van der Waals surface area contributed by atoms with Crippen molar-refractivity contribution in [3.63, 3.8) is 0 Å². The molecule has 0 radical (unpaired) electrons. The molecule has 18 heavy (non-hydrogen) atoms. The van der Waals surface area contributed by atoms with Crippen molar-refractivity contribution in [2.75, 3.05) is 5.32 Å². The van der Waals surface area contributed by atoms with Crippen LogP contribution >= 0.6 is 0 Å². The summed E-state index contributed by atoms with van der Waals surface area (Å²) >= 11 is 0. The fourth-order valence-corrected chi connectivity index (χ4v) is 1.88. The highest BCUT2D eigenvalue weighted by Gasteiger charge is 2.16. The third kappa shape index (κ3) is 3.19. The monoisotopic (exact) mass is 249 g/mol. The predicted octanol–water partition coefficient (Wildman–Crippen LogP) is 4.36. The van der Waals surface area contributed by atoms with Gasteiger partial charge >= 0.3 is 0 Å². The maximum atomic E-state index is 12.8. The molecule has 1 rings (SSSR count). The van der Waals surface area contributed by atoms with Gasteiger partial charge in [-0.3, -0.25) is 4.79 Å². The van der Waals surface area contributed by atoms with Gasteiger partial charge in [-0.1, -0.05) is 52.5 Å². The Morgan fingerprint density at radius 2 is 1.61 bits per heavy atom. The van der Waals surface area contributed by atoms with Gasteiger partial charge in [0, 0.05) is 5.69 Å². The zero-order valence-corrected chi connectivity index (χ0v) is 11.4. The number of hydrogen-bond donors (Lipinski definition) is 1. The van der Waals surface area contributed by atoms with Crippen LogP contribution in [-0.4, -0.2) is 5.91 Å². The van der Waals surface area contributed by atoms with E-state index in [9.17, 15) is 9.18 Å². The highest BCUT2D eigenvalue weighted by Crippen LogP contribution is 2.32. The van der Waals surface area contributed by atoms with E-state index in [2.05, 4.69) is 11.9 Å². The lowest BCUT2D eigenvalue weighted by Crippen LogP contribution is -2.15. The van der Waals surface area contributed by atoms with Crippen molar-refractivity contribution in [3.8, 4) is 0 Å². The molecule has 0 spiro atoms. The van der Waals surface area contributed by atoms with Crippen LogP contribution in [0.4, 0.5) is 10.1 Å². The summed E-state index contributed by atoms with van der Waals surface area (Å²) < 4.78 is 12.8. The number of amides is 1. The SMILES string of the molecule is C=C(F)C(=O)Nc1c(C(C)C)cccc1C(C)C. The number of hydrogen-bond acceptors (Lipinski definition) is 1. The van der Waals surface area contributed by atoms with E-state index in [-0.39, 0.29) is 11.8 Å². The van der Waals surface area contributed by atoms with Crippen LogP contribution in [-0.2, 0) is 4.79 Å². The van der Waals surface area contributed by atoms with Crippen LogP contribution in [0.25, 0.3) is 0 Å². The minimum Gasteiger partial charge on any atom is -0.319 e. The highest BCUT2D eigenvalue weighted by atomic mass is 19.1. The second-order valence-electron chi connectivity index (χ2n) is 4.98. The van der Waals surface area contributed by atoms with Crippen molar-refractivity contribution >= 4 is 11.6 Å². The zero-order valence-electron chi connectivity index (χ0n) is 11.4. The molecule has 98 valence electrons. The average molecular weight is 249 g/mol. The molecule has 0 aromatic heterocycles. The van der Waals surface area contributed by atoms with Gasteiger partial charge in [0.1, 0.15) is 0 Å². The van der Waals surface area contributed by atoms with Crippen LogP contribution in [0.5, 0.6) is 0 Å². The van der Waals surface area contributed by atoms with Crippen molar-refractivity contribution in [2.24, 2.45) is 0 Å². The molecule has 0 aliphatic heterocycles. The molecule has 1 aromatic rings. The molecule has 0 bridgehead atoms. The second kappa shape index (κ2) is 5.80. The van der Waals surface area contributed by atoms with E-state index in [1.165, 1.54) is 0 Å². The van der Waals surface area contributed by atoms with E-state index in [0.717, 1.165) is 11.1 Å². The average Bonchev–Trinajstić information content (AvgIpc) is 2.28. The number of anilines is 1. The Kier molecular flexibility index (Phi) is 4.65.